The average Bonchev–Trinajstić information content (AvgIpc) is 2.38. The van der Waals surface area contributed by atoms with E-state index < -0.39 is 0 Å². The molecule has 0 saturated carbocycles. The highest BCUT2D eigenvalue weighted by Gasteiger charge is 2.02. The van der Waals surface area contributed by atoms with Crippen LogP contribution in [0.15, 0.2) is 30.3 Å². The zero-order chi connectivity index (χ0) is 13.0. The van der Waals surface area contributed by atoms with Gasteiger partial charge in [-0.15, -0.1) is 0 Å². The van der Waals surface area contributed by atoms with Crippen LogP contribution in [0.2, 0.25) is 0 Å². The normalized spacial score (nSPS) is 9.89. The fraction of sp³-hybridized carbons (Fsp3) is 0.167. The van der Waals surface area contributed by atoms with Gasteiger partial charge in [-0.3, -0.25) is 0 Å². The van der Waals surface area contributed by atoms with Crippen molar-refractivity contribution in [3.05, 3.63) is 30.3 Å². The number of rotatable bonds is 4. The lowest BCUT2D eigenvalue weighted by atomic mass is 10.3. The molecule has 0 fully saturated rings. The van der Waals surface area contributed by atoms with E-state index in [4.69, 9.17) is 10.5 Å². The number of ether oxygens (including phenoxy) is 1. The minimum atomic E-state index is 0.215. The van der Waals surface area contributed by atoms with Crippen molar-refractivity contribution >= 4 is 23.3 Å². The van der Waals surface area contributed by atoms with Crippen LogP contribution in [0.5, 0.6) is 5.75 Å². The Kier molecular flexibility index (Phi) is 3.47. The summed E-state index contributed by atoms with van der Waals surface area (Å²) in [5, 5.41) is 6.06. The third-order valence-corrected chi connectivity index (χ3v) is 2.34. The summed E-state index contributed by atoms with van der Waals surface area (Å²) in [4.78, 5) is 8.13. The topological polar surface area (TPSA) is 85.1 Å². The van der Waals surface area contributed by atoms with Crippen LogP contribution in [0, 0.1) is 0 Å². The lowest BCUT2D eigenvalue weighted by Crippen LogP contribution is -2.03. The van der Waals surface area contributed by atoms with Crippen LogP contribution in [0.25, 0.3) is 0 Å². The Morgan fingerprint density at radius 3 is 2.67 bits per heavy atom. The Balaban J connectivity index is 2.24. The van der Waals surface area contributed by atoms with Crippen molar-refractivity contribution in [3.8, 4) is 5.75 Å². The molecule has 0 unspecified atom stereocenters. The van der Waals surface area contributed by atoms with Crippen LogP contribution in [-0.4, -0.2) is 24.1 Å². The van der Waals surface area contributed by atoms with Gasteiger partial charge < -0.3 is 21.1 Å². The molecule has 0 amide bonds. The number of hydrogen-bond donors (Lipinski definition) is 3. The summed E-state index contributed by atoms with van der Waals surface area (Å²) in [7, 11) is 3.40. The molecule has 0 radical (unpaired) electrons. The maximum absolute atomic E-state index is 5.62. The van der Waals surface area contributed by atoms with Gasteiger partial charge in [-0.25, -0.2) is 0 Å². The first kappa shape index (κ1) is 12.0. The second-order valence-corrected chi connectivity index (χ2v) is 3.60. The molecule has 18 heavy (non-hydrogen) atoms. The van der Waals surface area contributed by atoms with Gasteiger partial charge in [0.05, 0.1) is 7.11 Å². The van der Waals surface area contributed by atoms with E-state index in [1.54, 1.807) is 20.2 Å². The van der Waals surface area contributed by atoms with E-state index in [2.05, 4.69) is 20.6 Å². The predicted molar refractivity (Wildman–Crippen MR) is 72.3 cm³/mol. The molecular formula is C12H15N5O. The maximum Gasteiger partial charge on any atom is 0.223 e. The van der Waals surface area contributed by atoms with Crippen LogP contribution in [0.1, 0.15) is 0 Å². The number of nitrogens with two attached hydrogens (primary N) is 1. The molecule has 0 aliphatic carbocycles. The molecule has 1 aromatic heterocycles. The summed E-state index contributed by atoms with van der Waals surface area (Å²) >= 11 is 0. The van der Waals surface area contributed by atoms with Gasteiger partial charge in [-0.1, -0.05) is 6.07 Å². The number of nitrogens with one attached hydrogen (secondary N) is 2. The molecule has 4 N–H and O–H groups in total. The number of methoxy groups -OCH3 is 1. The lowest BCUT2D eigenvalue weighted by Gasteiger charge is -2.09. The molecule has 1 aromatic carbocycles. The first-order chi connectivity index (χ1) is 8.71. The minimum absolute atomic E-state index is 0.215. The largest absolute Gasteiger partial charge is 0.497 e. The second kappa shape index (κ2) is 5.22. The molecule has 0 aliphatic rings. The van der Waals surface area contributed by atoms with Crippen molar-refractivity contribution in [1.82, 2.24) is 9.97 Å². The summed E-state index contributed by atoms with van der Waals surface area (Å²) in [5.41, 5.74) is 6.49. The van der Waals surface area contributed by atoms with E-state index in [-0.39, 0.29) is 5.95 Å². The summed E-state index contributed by atoms with van der Waals surface area (Å²) in [6.45, 7) is 0. The van der Waals surface area contributed by atoms with Gasteiger partial charge >= 0.3 is 0 Å². The van der Waals surface area contributed by atoms with Crippen LogP contribution < -0.4 is 21.1 Å². The second-order valence-electron chi connectivity index (χ2n) is 3.60. The number of nitrogens with zero attached hydrogens (tertiary/aromatic N) is 2. The molecule has 0 atom stereocenters. The van der Waals surface area contributed by atoms with Crippen molar-refractivity contribution in [2.75, 3.05) is 30.5 Å². The third kappa shape index (κ3) is 2.79. The lowest BCUT2D eigenvalue weighted by molar-refractivity contribution is 0.415. The molecule has 94 valence electrons. The molecule has 0 bridgehead atoms. The summed E-state index contributed by atoms with van der Waals surface area (Å²) in [6, 6.07) is 9.33. The van der Waals surface area contributed by atoms with Crippen molar-refractivity contribution in [2.45, 2.75) is 0 Å². The zero-order valence-electron chi connectivity index (χ0n) is 10.3. The maximum atomic E-state index is 5.62. The van der Waals surface area contributed by atoms with Crippen molar-refractivity contribution in [1.29, 1.82) is 0 Å². The monoisotopic (exact) mass is 245 g/mol. The Morgan fingerprint density at radius 1 is 1.17 bits per heavy atom. The van der Waals surface area contributed by atoms with Crippen molar-refractivity contribution < 1.29 is 4.74 Å². The van der Waals surface area contributed by atoms with E-state index in [0.717, 1.165) is 11.4 Å². The summed E-state index contributed by atoms with van der Waals surface area (Å²) < 4.78 is 5.15. The van der Waals surface area contributed by atoms with Crippen LogP contribution in [-0.2, 0) is 0 Å². The minimum Gasteiger partial charge on any atom is -0.497 e. The van der Waals surface area contributed by atoms with Gasteiger partial charge in [0.15, 0.2) is 0 Å². The number of hydrogen-bond acceptors (Lipinski definition) is 6. The molecule has 1 heterocycles. The zero-order valence-corrected chi connectivity index (χ0v) is 10.3. The number of anilines is 4. The molecule has 2 aromatic rings. The van der Waals surface area contributed by atoms with Gasteiger partial charge in [-0.05, 0) is 12.1 Å². The first-order valence-electron chi connectivity index (χ1n) is 5.44. The SMILES string of the molecule is CNc1cc(Nc2cccc(OC)c2)nc(N)n1. The van der Waals surface area contributed by atoms with Gasteiger partial charge in [0.1, 0.15) is 17.4 Å². The highest BCUT2D eigenvalue weighted by atomic mass is 16.5. The number of aromatic nitrogens is 2. The average molecular weight is 245 g/mol. The smallest absolute Gasteiger partial charge is 0.223 e. The molecular weight excluding hydrogens is 230 g/mol. The standard InChI is InChI=1S/C12H15N5O/c1-14-10-7-11(17-12(13)16-10)15-8-4-3-5-9(6-8)18-2/h3-7H,1-2H3,(H4,13,14,15,16,17). The van der Waals surface area contributed by atoms with E-state index in [9.17, 15) is 0 Å². The fourth-order valence-electron chi connectivity index (χ4n) is 1.51. The van der Waals surface area contributed by atoms with Gasteiger partial charge in [-0.2, -0.15) is 9.97 Å². The van der Waals surface area contributed by atoms with Crippen LogP contribution >= 0.6 is 0 Å². The van der Waals surface area contributed by atoms with Gasteiger partial charge in [0.25, 0.3) is 0 Å². The van der Waals surface area contributed by atoms with Crippen molar-refractivity contribution in [2.24, 2.45) is 0 Å². The van der Waals surface area contributed by atoms with Crippen LogP contribution in [0.4, 0.5) is 23.3 Å². The Morgan fingerprint density at radius 2 is 1.94 bits per heavy atom. The van der Waals surface area contributed by atoms with Crippen LogP contribution in [0.3, 0.4) is 0 Å². The van der Waals surface area contributed by atoms with E-state index in [1.165, 1.54) is 0 Å². The highest BCUT2D eigenvalue weighted by Crippen LogP contribution is 2.21. The Labute approximate surface area is 105 Å². The number of benzene rings is 1. The van der Waals surface area contributed by atoms with Gasteiger partial charge in [0.2, 0.25) is 5.95 Å². The molecule has 0 saturated heterocycles. The van der Waals surface area contributed by atoms with Crippen molar-refractivity contribution in [3.63, 3.8) is 0 Å². The third-order valence-electron chi connectivity index (χ3n) is 2.34. The molecule has 0 spiro atoms. The summed E-state index contributed by atoms with van der Waals surface area (Å²) in [5.74, 6) is 2.27. The van der Waals surface area contributed by atoms with E-state index in [1.807, 2.05) is 24.3 Å². The number of nitrogen functional groups attached to an aromatic ring is 1. The molecule has 0 aliphatic heterocycles. The summed E-state index contributed by atoms with van der Waals surface area (Å²) in [6.07, 6.45) is 0. The molecule has 2 rings (SSSR count). The fourth-order valence-corrected chi connectivity index (χ4v) is 1.51. The van der Waals surface area contributed by atoms with E-state index >= 15 is 0 Å². The molecule has 6 heteroatoms. The Bertz CT molecular complexity index is 544. The van der Waals surface area contributed by atoms with E-state index in [0.29, 0.717) is 11.6 Å². The quantitative estimate of drug-likeness (QED) is 0.762. The highest BCUT2D eigenvalue weighted by molar-refractivity contribution is 5.61. The first-order valence-corrected chi connectivity index (χ1v) is 5.44. The predicted octanol–water partition coefficient (Wildman–Crippen LogP) is 1.85. The Hall–Kier alpha value is -2.50. The van der Waals surface area contributed by atoms with Gasteiger partial charge in [0, 0.05) is 24.9 Å². The molecule has 6 nitrogen and oxygen atoms in total.